The molecule has 2 amide bonds. The van der Waals surface area contributed by atoms with E-state index in [2.05, 4.69) is 16.5 Å². The van der Waals surface area contributed by atoms with Crippen molar-refractivity contribution in [2.24, 2.45) is 5.10 Å². The van der Waals surface area contributed by atoms with E-state index in [1.807, 2.05) is 12.1 Å². The molecule has 8 heteroatoms. The second kappa shape index (κ2) is 10.5. The fourth-order valence-corrected chi connectivity index (χ4v) is 4.12. The number of hydrazone groups is 1. The third-order valence-electron chi connectivity index (χ3n) is 5.89. The minimum Gasteiger partial charge on any atom is -0.457 e. The van der Waals surface area contributed by atoms with Gasteiger partial charge in [0.25, 0.3) is 0 Å². The van der Waals surface area contributed by atoms with Crippen LogP contribution in [0.4, 0.5) is 14.9 Å². The van der Waals surface area contributed by atoms with E-state index in [1.165, 1.54) is 17.1 Å². The molecule has 4 aromatic carbocycles. The number of urea groups is 1. The second-order valence-electron chi connectivity index (χ2n) is 8.37. The Kier molecular flexibility index (Phi) is 6.84. The highest BCUT2D eigenvalue weighted by Crippen LogP contribution is 2.30. The summed E-state index contributed by atoms with van der Waals surface area (Å²) in [5.41, 5.74) is 3.51. The van der Waals surface area contributed by atoms with Crippen LogP contribution in [0.2, 0.25) is 5.02 Å². The molecule has 0 spiro atoms. The van der Waals surface area contributed by atoms with Gasteiger partial charge < -0.3 is 10.1 Å². The van der Waals surface area contributed by atoms with Gasteiger partial charge in [0.2, 0.25) is 0 Å². The minimum absolute atomic E-state index is 0.226. The second-order valence-corrected chi connectivity index (χ2v) is 8.81. The monoisotopic (exact) mass is 510 g/mol. The lowest BCUT2D eigenvalue weighted by Crippen LogP contribution is -2.30. The van der Waals surface area contributed by atoms with E-state index in [1.54, 1.807) is 72.8 Å². The van der Waals surface area contributed by atoms with Crippen LogP contribution in [0.5, 0.6) is 11.5 Å². The van der Waals surface area contributed by atoms with E-state index in [4.69, 9.17) is 21.6 Å². The van der Waals surface area contributed by atoms with Crippen LogP contribution < -0.4 is 10.1 Å². The predicted octanol–water partition coefficient (Wildman–Crippen LogP) is 7.18. The SMILES string of the molecule is N#Cc1ccc(Oc2ccc(NC(=O)N3CC(c4ccc(F)cc4)C(c4ccc(Cl)cc4)=N3)cc2)cc1. The number of nitrogens with zero attached hydrogens (tertiary/aromatic N) is 3. The van der Waals surface area contributed by atoms with Crippen molar-refractivity contribution >= 4 is 29.0 Å². The number of ether oxygens (including phenoxy) is 1. The quantitative estimate of drug-likeness (QED) is 0.309. The van der Waals surface area contributed by atoms with Gasteiger partial charge in [-0.05, 0) is 83.9 Å². The summed E-state index contributed by atoms with van der Waals surface area (Å²) in [4.78, 5) is 13.1. The number of halogens is 2. The van der Waals surface area contributed by atoms with Crippen molar-refractivity contribution in [1.82, 2.24) is 5.01 Å². The average Bonchev–Trinajstić information content (AvgIpc) is 3.37. The Labute approximate surface area is 218 Å². The maximum absolute atomic E-state index is 13.5. The maximum atomic E-state index is 13.5. The molecule has 0 aromatic heterocycles. The van der Waals surface area contributed by atoms with Gasteiger partial charge in [0, 0.05) is 16.6 Å². The van der Waals surface area contributed by atoms with Gasteiger partial charge in [-0.2, -0.15) is 10.4 Å². The molecular weight excluding hydrogens is 491 g/mol. The Morgan fingerprint density at radius 3 is 2.19 bits per heavy atom. The van der Waals surface area contributed by atoms with E-state index in [9.17, 15) is 9.18 Å². The highest BCUT2D eigenvalue weighted by atomic mass is 35.5. The van der Waals surface area contributed by atoms with Gasteiger partial charge in [0.15, 0.2) is 0 Å². The zero-order chi connectivity index (χ0) is 25.8. The van der Waals surface area contributed by atoms with Crippen LogP contribution in [-0.4, -0.2) is 23.3 Å². The number of hydrogen-bond acceptors (Lipinski definition) is 4. The molecule has 6 nitrogen and oxygen atoms in total. The summed E-state index contributed by atoms with van der Waals surface area (Å²) >= 11 is 6.05. The number of nitrogens with one attached hydrogen (secondary N) is 1. The largest absolute Gasteiger partial charge is 0.457 e. The van der Waals surface area contributed by atoms with Crippen molar-refractivity contribution < 1.29 is 13.9 Å². The van der Waals surface area contributed by atoms with E-state index in [0.717, 1.165) is 11.1 Å². The number of rotatable bonds is 5. The molecule has 0 saturated heterocycles. The van der Waals surface area contributed by atoms with Gasteiger partial charge in [-0.1, -0.05) is 35.9 Å². The number of carbonyl (C=O) groups is 1. The summed E-state index contributed by atoms with van der Waals surface area (Å²) in [5, 5.41) is 18.3. The van der Waals surface area contributed by atoms with Crippen LogP contribution in [0.15, 0.2) is 102 Å². The van der Waals surface area contributed by atoms with Gasteiger partial charge in [-0.15, -0.1) is 0 Å². The normalized spacial score (nSPS) is 14.6. The Morgan fingerprint density at radius 2 is 1.57 bits per heavy atom. The molecule has 37 heavy (non-hydrogen) atoms. The smallest absolute Gasteiger partial charge is 0.342 e. The fourth-order valence-electron chi connectivity index (χ4n) is 3.99. The number of benzene rings is 4. The van der Waals surface area contributed by atoms with Crippen LogP contribution in [0, 0.1) is 17.1 Å². The summed E-state index contributed by atoms with van der Waals surface area (Å²) in [5.74, 6) is 0.635. The van der Waals surface area contributed by atoms with E-state index in [0.29, 0.717) is 40.0 Å². The average molecular weight is 511 g/mol. The first kappa shape index (κ1) is 24.0. The molecule has 0 fully saturated rings. The number of anilines is 1. The lowest BCUT2D eigenvalue weighted by molar-refractivity contribution is 0.218. The molecule has 0 saturated carbocycles. The van der Waals surface area contributed by atoms with Crippen LogP contribution in [0.3, 0.4) is 0 Å². The molecule has 1 aliphatic heterocycles. The molecule has 1 unspecified atom stereocenters. The van der Waals surface area contributed by atoms with Crippen molar-refractivity contribution in [3.63, 3.8) is 0 Å². The van der Waals surface area contributed by atoms with Crippen LogP contribution in [-0.2, 0) is 0 Å². The van der Waals surface area contributed by atoms with Crippen LogP contribution in [0.1, 0.15) is 22.6 Å². The van der Waals surface area contributed by atoms with Gasteiger partial charge in [0.1, 0.15) is 17.3 Å². The zero-order valence-corrected chi connectivity index (χ0v) is 20.2. The molecule has 0 aliphatic carbocycles. The van der Waals surface area contributed by atoms with Crippen LogP contribution >= 0.6 is 11.6 Å². The van der Waals surface area contributed by atoms with Gasteiger partial charge in [-0.3, -0.25) is 0 Å². The first-order chi connectivity index (χ1) is 18.0. The lowest BCUT2D eigenvalue weighted by Gasteiger charge is -2.16. The molecule has 0 radical (unpaired) electrons. The summed E-state index contributed by atoms with van der Waals surface area (Å²) in [7, 11) is 0. The Balaban J connectivity index is 1.31. The predicted molar refractivity (Wildman–Crippen MR) is 141 cm³/mol. The van der Waals surface area contributed by atoms with E-state index in [-0.39, 0.29) is 11.7 Å². The Bertz CT molecular complexity index is 1480. The van der Waals surface area contributed by atoms with Crippen molar-refractivity contribution in [3.05, 3.63) is 125 Å². The molecular formula is C29H20ClFN4O2. The first-order valence-corrected chi connectivity index (χ1v) is 11.8. The molecule has 182 valence electrons. The van der Waals surface area contributed by atoms with Crippen molar-refractivity contribution in [1.29, 1.82) is 5.26 Å². The third kappa shape index (κ3) is 5.61. The molecule has 1 aliphatic rings. The summed E-state index contributed by atoms with van der Waals surface area (Å²) in [6.07, 6.45) is 0. The first-order valence-electron chi connectivity index (χ1n) is 11.4. The summed E-state index contributed by atoms with van der Waals surface area (Å²) < 4.78 is 19.3. The molecule has 0 bridgehead atoms. The minimum atomic E-state index is -0.392. The van der Waals surface area contributed by atoms with Crippen molar-refractivity contribution in [2.45, 2.75) is 5.92 Å². The molecule has 1 atom stereocenters. The molecule has 1 heterocycles. The van der Waals surface area contributed by atoms with Crippen molar-refractivity contribution in [2.75, 3.05) is 11.9 Å². The summed E-state index contributed by atoms with van der Waals surface area (Å²) in [6, 6.07) is 28.9. The molecule has 5 rings (SSSR count). The highest BCUT2D eigenvalue weighted by molar-refractivity contribution is 6.30. The van der Waals surface area contributed by atoms with E-state index < -0.39 is 6.03 Å². The van der Waals surface area contributed by atoms with Crippen LogP contribution in [0.25, 0.3) is 0 Å². The topological polar surface area (TPSA) is 77.7 Å². The van der Waals surface area contributed by atoms with Crippen molar-refractivity contribution in [3.8, 4) is 17.6 Å². The Morgan fingerprint density at radius 1 is 0.946 bits per heavy atom. The highest BCUT2D eigenvalue weighted by Gasteiger charge is 2.32. The summed E-state index contributed by atoms with van der Waals surface area (Å²) in [6.45, 7) is 0.301. The van der Waals surface area contributed by atoms with E-state index >= 15 is 0 Å². The number of hydrogen-bond donors (Lipinski definition) is 1. The zero-order valence-electron chi connectivity index (χ0n) is 19.4. The number of amides is 2. The Hall–Kier alpha value is -4.67. The molecule has 1 N–H and O–H groups in total. The standard InChI is InChI=1S/C29H20ClFN4O2/c30-22-7-3-21(4-8-22)28-27(20-5-9-23(31)10-6-20)18-35(34-28)29(36)33-24-11-15-26(16-12-24)37-25-13-1-19(17-32)2-14-25/h1-16,27H,18H2,(H,33,36). The molecule has 4 aromatic rings. The van der Waals surface area contributed by atoms with Gasteiger partial charge in [-0.25, -0.2) is 14.2 Å². The van der Waals surface area contributed by atoms with Gasteiger partial charge in [0.05, 0.1) is 23.9 Å². The lowest BCUT2D eigenvalue weighted by atomic mass is 9.90. The third-order valence-corrected chi connectivity index (χ3v) is 6.14. The van der Waals surface area contributed by atoms with Gasteiger partial charge >= 0.3 is 6.03 Å². The maximum Gasteiger partial charge on any atom is 0.342 e. The number of carbonyl (C=O) groups excluding carboxylic acids is 1. The fraction of sp³-hybridized carbons (Fsp3) is 0.0690. The number of nitriles is 1.